The van der Waals surface area contributed by atoms with Crippen LogP contribution in [0.3, 0.4) is 0 Å². The Kier molecular flexibility index (Phi) is 5.35. The second-order valence-electron chi connectivity index (χ2n) is 2.97. The number of halogens is 6. The molecule has 1 aromatic carbocycles. The van der Waals surface area contributed by atoms with Crippen LogP contribution in [0.15, 0.2) is 16.6 Å². The zero-order valence-corrected chi connectivity index (χ0v) is 12.6. The van der Waals surface area contributed by atoms with Gasteiger partial charge in [0.25, 0.3) is 3.79 Å². The summed E-state index contributed by atoms with van der Waals surface area (Å²) in [6.45, 7) is -0.157. The van der Waals surface area contributed by atoms with Gasteiger partial charge in [0, 0.05) is 10.6 Å². The Morgan fingerprint density at radius 1 is 1.41 bits per heavy atom. The Labute approximate surface area is 126 Å². The average Bonchev–Trinajstić information content (AvgIpc) is 2.19. The van der Waals surface area contributed by atoms with E-state index < -0.39 is 15.5 Å². The zero-order valence-electron chi connectivity index (χ0n) is 8.04. The maximum absolute atomic E-state index is 13.2. The van der Waals surface area contributed by atoms with E-state index in [9.17, 15) is 4.39 Å². The van der Waals surface area contributed by atoms with E-state index in [4.69, 9.17) is 56.5 Å². The summed E-state index contributed by atoms with van der Waals surface area (Å²) >= 11 is 25.1. The molecule has 8 heteroatoms. The molecule has 1 rings (SSSR count). The van der Waals surface area contributed by atoms with Gasteiger partial charge in [0.15, 0.2) is 0 Å². The van der Waals surface area contributed by atoms with Crippen molar-refractivity contribution in [1.29, 1.82) is 5.41 Å². The van der Waals surface area contributed by atoms with Crippen molar-refractivity contribution in [3.05, 3.63) is 33.0 Å². The summed E-state index contributed by atoms with van der Waals surface area (Å²) < 4.78 is 16.4. The van der Waals surface area contributed by atoms with E-state index >= 15 is 0 Å². The third-order valence-corrected chi connectivity index (χ3v) is 3.19. The fourth-order valence-corrected chi connectivity index (χ4v) is 1.76. The van der Waals surface area contributed by atoms with Crippen molar-refractivity contribution in [2.45, 2.75) is 10.4 Å². The lowest BCUT2D eigenvalue weighted by Gasteiger charge is -2.14. The highest BCUT2D eigenvalue weighted by atomic mass is 79.9. The molecule has 0 aliphatic carbocycles. The lowest BCUT2D eigenvalue weighted by molar-refractivity contribution is 0.283. The van der Waals surface area contributed by atoms with Crippen LogP contribution in [0.1, 0.15) is 5.56 Å². The predicted molar refractivity (Wildman–Crippen MR) is 71.9 cm³/mol. The van der Waals surface area contributed by atoms with Gasteiger partial charge in [-0.25, -0.2) is 4.39 Å². The van der Waals surface area contributed by atoms with Crippen molar-refractivity contribution in [3.8, 4) is 0 Å². The number of hydrogen-bond acceptors (Lipinski definition) is 2. The average molecular weight is 384 g/mol. The molecule has 0 amide bonds. The molecule has 0 bridgehead atoms. The molecule has 2 nitrogen and oxygen atoms in total. The molecule has 1 aromatic rings. The minimum Gasteiger partial charge on any atom is -0.473 e. The Hall–Kier alpha value is 0.260. The lowest BCUT2D eigenvalue weighted by atomic mass is 10.2. The fourth-order valence-electron chi connectivity index (χ4n) is 0.906. The summed E-state index contributed by atoms with van der Waals surface area (Å²) in [5, 5.41) is 7.58. The monoisotopic (exact) mass is 381 g/mol. The van der Waals surface area contributed by atoms with Crippen LogP contribution in [0, 0.1) is 11.2 Å². The van der Waals surface area contributed by atoms with Gasteiger partial charge in [0.1, 0.15) is 12.4 Å². The van der Waals surface area contributed by atoms with Crippen LogP contribution in [-0.4, -0.2) is 9.69 Å². The molecule has 94 valence electrons. The summed E-state index contributed by atoms with van der Waals surface area (Å²) in [6, 6.07) is 2.56. The summed E-state index contributed by atoms with van der Waals surface area (Å²) in [4.78, 5) is 0. The molecule has 17 heavy (non-hydrogen) atoms. The van der Waals surface area contributed by atoms with E-state index in [0.717, 1.165) is 0 Å². The maximum Gasteiger partial charge on any atom is 0.265 e. The molecule has 0 saturated heterocycles. The second kappa shape index (κ2) is 5.93. The maximum atomic E-state index is 13.2. The zero-order chi connectivity index (χ0) is 13.2. The van der Waals surface area contributed by atoms with Gasteiger partial charge in [-0.05, 0) is 28.1 Å². The summed E-state index contributed by atoms with van der Waals surface area (Å²) in [7, 11) is 0. The second-order valence-corrected chi connectivity index (χ2v) is 6.52. The van der Waals surface area contributed by atoms with Gasteiger partial charge in [-0.2, -0.15) is 0 Å². The topological polar surface area (TPSA) is 33.1 Å². The molecule has 0 heterocycles. The minimum absolute atomic E-state index is 0.157. The van der Waals surface area contributed by atoms with Crippen LogP contribution in [0.2, 0.25) is 5.02 Å². The van der Waals surface area contributed by atoms with Crippen molar-refractivity contribution < 1.29 is 9.13 Å². The molecule has 0 unspecified atom stereocenters. The standard InChI is InChI=1S/C9H5BrCl4FNO/c10-5-2-6(11)4(1-7(5)15)3-17-8(16)9(12,13)14/h1-2,16H,3H2. The van der Waals surface area contributed by atoms with E-state index in [-0.39, 0.29) is 16.1 Å². The SMILES string of the molecule is N=C(OCc1cc(F)c(Br)cc1Cl)C(Cl)(Cl)Cl. The first-order valence-electron chi connectivity index (χ1n) is 4.13. The first-order chi connectivity index (χ1) is 7.71. The van der Waals surface area contributed by atoms with Crippen LogP contribution in [0.25, 0.3) is 0 Å². The van der Waals surface area contributed by atoms with Crippen molar-refractivity contribution in [2.75, 3.05) is 0 Å². The number of rotatable bonds is 2. The number of nitrogens with one attached hydrogen (secondary N) is 1. The summed E-state index contributed by atoms with van der Waals surface area (Å²) in [5.41, 5.74) is 0.353. The van der Waals surface area contributed by atoms with Gasteiger partial charge in [-0.15, -0.1) is 0 Å². The van der Waals surface area contributed by atoms with Crippen molar-refractivity contribution in [2.24, 2.45) is 0 Å². The molecule has 0 atom stereocenters. The third-order valence-electron chi connectivity index (χ3n) is 1.72. The molecule has 1 N–H and O–H groups in total. The minimum atomic E-state index is -1.94. The van der Waals surface area contributed by atoms with E-state index in [1.807, 2.05) is 0 Å². The van der Waals surface area contributed by atoms with Crippen LogP contribution in [-0.2, 0) is 11.3 Å². The largest absolute Gasteiger partial charge is 0.473 e. The first kappa shape index (κ1) is 15.3. The van der Waals surface area contributed by atoms with Crippen LogP contribution in [0.4, 0.5) is 4.39 Å². The van der Waals surface area contributed by atoms with E-state index in [1.165, 1.54) is 12.1 Å². The first-order valence-corrected chi connectivity index (χ1v) is 6.44. The number of hydrogen-bond donors (Lipinski definition) is 1. The van der Waals surface area contributed by atoms with Crippen LogP contribution >= 0.6 is 62.3 Å². The van der Waals surface area contributed by atoms with Gasteiger partial charge in [0.2, 0.25) is 5.90 Å². The Morgan fingerprint density at radius 2 is 2.00 bits per heavy atom. The Balaban J connectivity index is 2.77. The summed E-state index contributed by atoms with van der Waals surface area (Å²) in [6.07, 6.45) is 0. The molecule has 0 saturated carbocycles. The molecular formula is C9H5BrCl4FNO. The Morgan fingerprint density at radius 3 is 2.53 bits per heavy atom. The molecule has 0 aromatic heterocycles. The number of ether oxygens (including phenoxy) is 1. The molecule has 0 radical (unpaired) electrons. The predicted octanol–water partition coefficient (Wildman–Crippen LogP) is 5.11. The Bertz CT molecular complexity index is 449. The normalized spacial score (nSPS) is 11.4. The smallest absolute Gasteiger partial charge is 0.265 e. The molecular weight excluding hydrogens is 379 g/mol. The number of alkyl halides is 3. The molecule has 0 fully saturated rings. The quantitative estimate of drug-likeness (QED) is 0.327. The summed E-state index contributed by atoms with van der Waals surface area (Å²) in [5.74, 6) is -1.05. The van der Waals surface area contributed by atoms with E-state index in [0.29, 0.717) is 5.56 Å². The van der Waals surface area contributed by atoms with Crippen LogP contribution < -0.4 is 0 Å². The van der Waals surface area contributed by atoms with Gasteiger partial charge < -0.3 is 4.74 Å². The van der Waals surface area contributed by atoms with Gasteiger partial charge in [-0.3, -0.25) is 5.41 Å². The third kappa shape index (κ3) is 4.45. The van der Waals surface area contributed by atoms with Crippen molar-refractivity contribution in [1.82, 2.24) is 0 Å². The molecule has 0 aliphatic rings. The fraction of sp³-hybridized carbons (Fsp3) is 0.222. The van der Waals surface area contributed by atoms with E-state index in [2.05, 4.69) is 15.9 Å². The molecule has 0 spiro atoms. The van der Waals surface area contributed by atoms with Crippen LogP contribution in [0.5, 0.6) is 0 Å². The molecule has 0 aliphatic heterocycles. The van der Waals surface area contributed by atoms with E-state index in [1.54, 1.807) is 0 Å². The van der Waals surface area contributed by atoms with Crippen molar-refractivity contribution in [3.63, 3.8) is 0 Å². The van der Waals surface area contributed by atoms with Gasteiger partial charge in [-0.1, -0.05) is 46.4 Å². The highest BCUT2D eigenvalue weighted by Gasteiger charge is 2.28. The highest BCUT2D eigenvalue weighted by molar-refractivity contribution is 9.10. The van der Waals surface area contributed by atoms with Gasteiger partial charge in [0.05, 0.1) is 4.47 Å². The highest BCUT2D eigenvalue weighted by Crippen LogP contribution is 2.29. The van der Waals surface area contributed by atoms with Gasteiger partial charge >= 0.3 is 0 Å². The lowest BCUT2D eigenvalue weighted by Crippen LogP contribution is -2.21. The number of benzene rings is 1. The van der Waals surface area contributed by atoms with Crippen molar-refractivity contribution >= 4 is 68.2 Å².